The third kappa shape index (κ3) is 3.07. The Morgan fingerprint density at radius 1 is 1.50 bits per heavy atom. The van der Waals surface area contributed by atoms with Crippen LogP contribution in [0.15, 0.2) is 23.6 Å². The molecule has 0 aliphatic carbocycles. The molecule has 0 aliphatic rings. The van der Waals surface area contributed by atoms with Gasteiger partial charge in [-0.3, -0.25) is 0 Å². The summed E-state index contributed by atoms with van der Waals surface area (Å²) in [6.07, 6.45) is 1.65. The Morgan fingerprint density at radius 2 is 2.11 bits per heavy atom. The molecule has 0 aromatic carbocycles. The molecule has 3 nitrogen and oxygen atoms in total. The molecule has 0 fully saturated rings. The smallest absolute Gasteiger partial charge is 0.334 e. The van der Waals surface area contributed by atoms with E-state index in [4.69, 9.17) is 4.74 Å². The van der Waals surface area contributed by atoms with E-state index >= 15 is 0 Å². The summed E-state index contributed by atoms with van der Waals surface area (Å²) in [7, 11) is 1.37. The van der Waals surface area contributed by atoms with Gasteiger partial charge in [-0.1, -0.05) is 33.4 Å². The molecule has 0 saturated carbocycles. The van der Waals surface area contributed by atoms with E-state index in [1.54, 1.807) is 13.0 Å². The molecule has 0 atom stereocenters. The molecule has 0 saturated heterocycles. The fraction of sp³-hybridized carbons (Fsp3) is 0.429. The molecule has 0 amide bonds. The highest BCUT2D eigenvalue weighted by Crippen LogP contribution is 2.29. The Kier molecular flexibility index (Phi) is 4.46. The van der Waals surface area contributed by atoms with Crippen molar-refractivity contribution in [2.24, 2.45) is 0 Å². The van der Waals surface area contributed by atoms with Crippen molar-refractivity contribution in [2.75, 3.05) is 7.11 Å². The topological polar surface area (TPSA) is 39.2 Å². The molecule has 0 bridgehead atoms. The van der Waals surface area contributed by atoms with E-state index in [2.05, 4.69) is 32.3 Å². The third-order valence-electron chi connectivity index (χ3n) is 2.60. The predicted octanol–water partition coefficient (Wildman–Crippen LogP) is 3.57. The zero-order valence-corrected chi connectivity index (χ0v) is 12.4. The van der Waals surface area contributed by atoms with Crippen molar-refractivity contribution in [1.29, 1.82) is 0 Å². The van der Waals surface area contributed by atoms with Crippen LogP contribution in [0.25, 0.3) is 5.57 Å². The van der Waals surface area contributed by atoms with Crippen LogP contribution in [0.2, 0.25) is 0 Å². The molecule has 98 valence electrons. The maximum absolute atomic E-state index is 11.5. The minimum atomic E-state index is -0.350. The lowest BCUT2D eigenvalue weighted by Crippen LogP contribution is -2.11. The van der Waals surface area contributed by atoms with Gasteiger partial charge in [-0.25, -0.2) is 9.78 Å². The number of hydrogen-bond acceptors (Lipinski definition) is 4. The number of aromatic nitrogens is 1. The molecule has 1 rings (SSSR count). The van der Waals surface area contributed by atoms with Gasteiger partial charge in [0, 0.05) is 21.9 Å². The number of rotatable bonds is 3. The van der Waals surface area contributed by atoms with Crippen LogP contribution in [0.3, 0.4) is 0 Å². The quantitative estimate of drug-likeness (QED) is 0.476. The van der Waals surface area contributed by atoms with E-state index in [0.29, 0.717) is 5.57 Å². The molecule has 0 N–H and O–H groups in total. The number of nitrogens with zero attached hydrogens (tertiary/aromatic N) is 1. The van der Waals surface area contributed by atoms with E-state index in [-0.39, 0.29) is 11.4 Å². The highest BCUT2D eigenvalue weighted by atomic mass is 32.1. The van der Waals surface area contributed by atoms with Gasteiger partial charge in [0.1, 0.15) is 5.01 Å². The van der Waals surface area contributed by atoms with Gasteiger partial charge in [0.15, 0.2) is 0 Å². The lowest BCUT2D eigenvalue weighted by atomic mass is 9.93. The zero-order valence-electron chi connectivity index (χ0n) is 11.5. The number of thiazole rings is 1. The number of esters is 1. The Hall–Kier alpha value is -1.42. The van der Waals surface area contributed by atoms with Crippen LogP contribution in [0.4, 0.5) is 0 Å². The van der Waals surface area contributed by atoms with Crippen molar-refractivity contribution in [1.82, 2.24) is 4.98 Å². The number of allylic oxidation sites excluding steroid dienone is 2. The Balaban J connectivity index is 3.23. The van der Waals surface area contributed by atoms with E-state index in [1.165, 1.54) is 18.4 Å². The Morgan fingerprint density at radius 3 is 2.50 bits per heavy atom. The number of carbonyl (C=O) groups excluding carboxylic acids is 1. The van der Waals surface area contributed by atoms with Crippen molar-refractivity contribution >= 4 is 22.9 Å². The van der Waals surface area contributed by atoms with Crippen molar-refractivity contribution in [3.05, 3.63) is 34.3 Å². The summed E-state index contributed by atoms with van der Waals surface area (Å²) in [6.45, 7) is 11.8. The normalized spacial score (nSPS) is 12.9. The first-order chi connectivity index (χ1) is 8.31. The Labute approximate surface area is 112 Å². The first-order valence-corrected chi connectivity index (χ1v) is 6.57. The van der Waals surface area contributed by atoms with Crippen LogP contribution in [-0.2, 0) is 14.9 Å². The first-order valence-electron chi connectivity index (χ1n) is 5.69. The van der Waals surface area contributed by atoms with Crippen LogP contribution in [0, 0.1) is 0 Å². The summed E-state index contributed by atoms with van der Waals surface area (Å²) < 4.78 is 4.72. The summed E-state index contributed by atoms with van der Waals surface area (Å²) in [5.41, 5.74) is 2.28. The minimum Gasteiger partial charge on any atom is -0.466 e. The van der Waals surface area contributed by atoms with E-state index in [9.17, 15) is 4.79 Å². The van der Waals surface area contributed by atoms with Crippen molar-refractivity contribution in [3.8, 4) is 0 Å². The fourth-order valence-corrected chi connectivity index (χ4v) is 2.55. The number of hydrogen-bond donors (Lipinski definition) is 0. The summed E-state index contributed by atoms with van der Waals surface area (Å²) >= 11 is 1.52. The predicted molar refractivity (Wildman–Crippen MR) is 75.6 cm³/mol. The summed E-state index contributed by atoms with van der Waals surface area (Å²) in [5, 5.41) is 2.82. The van der Waals surface area contributed by atoms with Crippen molar-refractivity contribution < 1.29 is 9.53 Å². The largest absolute Gasteiger partial charge is 0.466 e. The highest BCUT2D eigenvalue weighted by Gasteiger charge is 2.19. The van der Waals surface area contributed by atoms with Crippen molar-refractivity contribution in [3.63, 3.8) is 0 Å². The summed E-state index contributed by atoms with van der Waals surface area (Å²) in [5.74, 6) is -0.350. The molecule has 0 aliphatic heterocycles. The van der Waals surface area contributed by atoms with Gasteiger partial charge >= 0.3 is 5.97 Å². The summed E-state index contributed by atoms with van der Waals surface area (Å²) in [6, 6.07) is 0. The monoisotopic (exact) mass is 265 g/mol. The van der Waals surface area contributed by atoms with Crippen molar-refractivity contribution in [2.45, 2.75) is 33.1 Å². The molecule has 0 spiro atoms. The van der Waals surface area contributed by atoms with Crippen LogP contribution in [0.1, 0.15) is 38.4 Å². The average Bonchev–Trinajstić information content (AvgIpc) is 2.78. The molecule has 1 heterocycles. The summed E-state index contributed by atoms with van der Waals surface area (Å²) in [4.78, 5) is 16.1. The van der Waals surface area contributed by atoms with E-state index < -0.39 is 0 Å². The number of ether oxygens (including phenoxy) is 1. The molecule has 1 aromatic rings. The van der Waals surface area contributed by atoms with E-state index in [0.717, 1.165) is 16.3 Å². The van der Waals surface area contributed by atoms with Gasteiger partial charge in [0.05, 0.1) is 12.8 Å². The van der Waals surface area contributed by atoms with Gasteiger partial charge in [0.2, 0.25) is 0 Å². The van der Waals surface area contributed by atoms with Crippen LogP contribution in [-0.4, -0.2) is 18.1 Å². The van der Waals surface area contributed by atoms with Gasteiger partial charge < -0.3 is 4.74 Å². The maximum Gasteiger partial charge on any atom is 0.334 e. The van der Waals surface area contributed by atoms with Gasteiger partial charge in [-0.15, -0.1) is 11.3 Å². The first kappa shape index (κ1) is 14.6. The molecule has 18 heavy (non-hydrogen) atoms. The molecule has 4 heteroatoms. The molecular weight excluding hydrogens is 246 g/mol. The van der Waals surface area contributed by atoms with Gasteiger partial charge in [-0.05, 0) is 6.92 Å². The molecule has 1 aromatic heterocycles. The van der Waals surface area contributed by atoms with Gasteiger partial charge in [-0.2, -0.15) is 0 Å². The SMILES string of the molecule is C=C/C(=C(\C)C(=O)OC)c1nc(C(C)(C)C)cs1. The lowest BCUT2D eigenvalue weighted by molar-refractivity contribution is -0.135. The van der Waals surface area contributed by atoms with Crippen LogP contribution in [0.5, 0.6) is 0 Å². The second-order valence-electron chi connectivity index (χ2n) is 5.02. The van der Waals surface area contributed by atoms with E-state index in [1.807, 2.05) is 5.38 Å². The van der Waals surface area contributed by atoms with Crippen LogP contribution >= 0.6 is 11.3 Å². The second-order valence-corrected chi connectivity index (χ2v) is 5.88. The molecule has 0 unspecified atom stereocenters. The van der Waals surface area contributed by atoms with Crippen LogP contribution < -0.4 is 0 Å². The average molecular weight is 265 g/mol. The Bertz CT molecular complexity index is 492. The zero-order chi connectivity index (χ0) is 13.9. The highest BCUT2D eigenvalue weighted by molar-refractivity contribution is 7.10. The number of carbonyl (C=O) groups is 1. The fourth-order valence-electron chi connectivity index (χ4n) is 1.41. The minimum absolute atomic E-state index is 0.000198. The molecular formula is C14H19NO2S. The number of methoxy groups -OCH3 is 1. The van der Waals surface area contributed by atoms with Gasteiger partial charge in [0.25, 0.3) is 0 Å². The standard InChI is InChI=1S/C14H19NO2S/c1-7-10(9(2)13(16)17-6)12-15-11(8-18-12)14(3,4)5/h7-8H,1H2,2-6H3/b10-9-. The molecule has 0 radical (unpaired) electrons. The lowest BCUT2D eigenvalue weighted by Gasteiger charge is -2.14. The maximum atomic E-state index is 11.5. The second kappa shape index (κ2) is 5.48. The third-order valence-corrected chi connectivity index (χ3v) is 3.48.